The number of aromatic nitrogens is 1. The third kappa shape index (κ3) is 4.73. The number of rotatable bonds is 7. The van der Waals surface area contributed by atoms with Crippen LogP contribution in [0, 0.1) is 11.8 Å². The van der Waals surface area contributed by atoms with Crippen LogP contribution in [0.5, 0.6) is 5.75 Å². The van der Waals surface area contributed by atoms with Crippen molar-refractivity contribution in [2.24, 2.45) is 11.8 Å². The van der Waals surface area contributed by atoms with Gasteiger partial charge in [-0.25, -0.2) is 0 Å². The standard InChI is InChI=1S/C23H28F3N3O3/c24-23(25,26)15-29-20-3-2-19(32-7-1-4-27-13-17-10-18(17)14-27)11-16(20)12-21(29)22(30)28-5-8-31-9-6-28/h2-3,11-12,17-18H,1,4-10,13-15H2. The number of piperidine rings is 1. The van der Waals surface area contributed by atoms with E-state index < -0.39 is 18.6 Å². The van der Waals surface area contributed by atoms with Crippen LogP contribution in [0.15, 0.2) is 24.3 Å². The van der Waals surface area contributed by atoms with Gasteiger partial charge in [0, 0.05) is 43.6 Å². The third-order valence-electron chi connectivity index (χ3n) is 6.67. The molecule has 1 amide bonds. The number of amides is 1. The highest BCUT2D eigenvalue weighted by molar-refractivity contribution is 5.99. The first-order chi connectivity index (χ1) is 15.4. The molecule has 0 spiro atoms. The number of halogens is 3. The molecule has 3 heterocycles. The number of fused-ring (bicyclic) bond motifs is 2. The molecule has 2 atom stereocenters. The first-order valence-electron chi connectivity index (χ1n) is 11.3. The quantitative estimate of drug-likeness (QED) is 0.606. The lowest BCUT2D eigenvalue weighted by Crippen LogP contribution is -2.41. The van der Waals surface area contributed by atoms with E-state index in [2.05, 4.69) is 4.90 Å². The molecule has 9 heteroatoms. The van der Waals surface area contributed by atoms with Crippen LogP contribution in [-0.4, -0.2) is 79.0 Å². The molecule has 1 aliphatic carbocycles. The van der Waals surface area contributed by atoms with Crippen LogP contribution in [0.1, 0.15) is 23.3 Å². The summed E-state index contributed by atoms with van der Waals surface area (Å²) in [6.07, 6.45) is -2.14. The molecule has 0 bridgehead atoms. The molecule has 174 valence electrons. The topological polar surface area (TPSA) is 46.9 Å². The Labute approximate surface area is 184 Å². The van der Waals surface area contributed by atoms with Gasteiger partial charge in [0.2, 0.25) is 0 Å². The summed E-state index contributed by atoms with van der Waals surface area (Å²) in [4.78, 5) is 17.0. The molecule has 2 saturated heterocycles. The van der Waals surface area contributed by atoms with Crippen molar-refractivity contribution in [3.05, 3.63) is 30.0 Å². The SMILES string of the molecule is O=C(c1cc2cc(OCCCN3CC4CC4C3)ccc2n1CC(F)(F)F)N1CCOCC1. The number of benzene rings is 1. The molecule has 2 unspecified atom stereocenters. The Bertz CT molecular complexity index is 974. The minimum absolute atomic E-state index is 0.0453. The highest BCUT2D eigenvalue weighted by Gasteiger charge is 2.44. The van der Waals surface area contributed by atoms with Crippen LogP contribution in [0.4, 0.5) is 13.2 Å². The van der Waals surface area contributed by atoms with E-state index >= 15 is 0 Å². The lowest BCUT2D eigenvalue weighted by molar-refractivity contribution is -0.140. The summed E-state index contributed by atoms with van der Waals surface area (Å²) < 4.78 is 52.0. The van der Waals surface area contributed by atoms with E-state index in [1.54, 1.807) is 29.2 Å². The number of likely N-dealkylation sites (tertiary alicyclic amines) is 1. The average molecular weight is 451 g/mol. The number of nitrogens with zero attached hydrogens (tertiary/aromatic N) is 3. The summed E-state index contributed by atoms with van der Waals surface area (Å²) in [5, 5.41) is 0.572. The van der Waals surface area contributed by atoms with E-state index in [0.29, 0.717) is 49.6 Å². The number of carbonyl (C=O) groups is 1. The van der Waals surface area contributed by atoms with Gasteiger partial charge < -0.3 is 23.8 Å². The van der Waals surface area contributed by atoms with Crippen LogP contribution in [0.25, 0.3) is 10.9 Å². The van der Waals surface area contributed by atoms with E-state index in [9.17, 15) is 18.0 Å². The summed E-state index contributed by atoms with van der Waals surface area (Å²) in [7, 11) is 0. The lowest BCUT2D eigenvalue weighted by atomic mass is 10.2. The Morgan fingerprint density at radius 1 is 1.12 bits per heavy atom. The molecule has 3 fully saturated rings. The average Bonchev–Trinajstić information content (AvgIpc) is 3.22. The van der Waals surface area contributed by atoms with Gasteiger partial charge in [-0.3, -0.25) is 4.79 Å². The zero-order valence-corrected chi connectivity index (χ0v) is 17.9. The minimum atomic E-state index is -4.43. The molecule has 1 aromatic carbocycles. The van der Waals surface area contributed by atoms with E-state index in [-0.39, 0.29) is 5.69 Å². The highest BCUT2D eigenvalue weighted by atomic mass is 19.4. The molecule has 2 aliphatic heterocycles. The number of ether oxygens (including phenoxy) is 2. The lowest BCUT2D eigenvalue weighted by Gasteiger charge is -2.27. The number of morpholine rings is 1. The Morgan fingerprint density at radius 3 is 2.59 bits per heavy atom. The van der Waals surface area contributed by atoms with E-state index in [1.165, 1.54) is 19.5 Å². The first kappa shape index (κ1) is 21.6. The summed E-state index contributed by atoms with van der Waals surface area (Å²) in [6, 6.07) is 6.56. The normalized spacial score (nSPS) is 23.5. The fraction of sp³-hybridized carbons (Fsp3) is 0.609. The maximum atomic E-state index is 13.3. The van der Waals surface area contributed by atoms with Gasteiger partial charge >= 0.3 is 6.18 Å². The molecule has 0 radical (unpaired) electrons. The fourth-order valence-corrected chi connectivity index (χ4v) is 4.95. The third-order valence-corrected chi connectivity index (χ3v) is 6.67. The van der Waals surface area contributed by atoms with Crippen molar-refractivity contribution in [3.8, 4) is 5.75 Å². The molecule has 2 aromatic rings. The van der Waals surface area contributed by atoms with Crippen LogP contribution < -0.4 is 4.74 Å². The molecule has 0 N–H and O–H groups in total. The van der Waals surface area contributed by atoms with Gasteiger partial charge in [-0.15, -0.1) is 0 Å². The second kappa shape index (κ2) is 8.59. The van der Waals surface area contributed by atoms with Crippen molar-refractivity contribution in [3.63, 3.8) is 0 Å². The summed E-state index contributed by atoms with van der Waals surface area (Å²) in [6.45, 7) is 4.28. The van der Waals surface area contributed by atoms with Crippen molar-refractivity contribution >= 4 is 16.8 Å². The summed E-state index contributed by atoms with van der Waals surface area (Å²) >= 11 is 0. The van der Waals surface area contributed by atoms with Crippen LogP contribution in [-0.2, 0) is 11.3 Å². The van der Waals surface area contributed by atoms with Crippen molar-refractivity contribution < 1.29 is 27.4 Å². The molecular formula is C23H28F3N3O3. The zero-order valence-electron chi connectivity index (χ0n) is 17.9. The van der Waals surface area contributed by atoms with Crippen molar-refractivity contribution in [2.45, 2.75) is 25.6 Å². The molecule has 3 aliphatic rings. The Kier molecular flexibility index (Phi) is 5.79. The maximum absolute atomic E-state index is 13.3. The molecular weight excluding hydrogens is 423 g/mol. The fourth-order valence-electron chi connectivity index (χ4n) is 4.95. The zero-order chi connectivity index (χ0) is 22.3. The Balaban J connectivity index is 1.29. The number of hydrogen-bond donors (Lipinski definition) is 0. The number of alkyl halides is 3. The number of hydrogen-bond acceptors (Lipinski definition) is 4. The summed E-state index contributed by atoms with van der Waals surface area (Å²) in [5.74, 6) is 2.03. The minimum Gasteiger partial charge on any atom is -0.494 e. The van der Waals surface area contributed by atoms with Crippen LogP contribution in [0.2, 0.25) is 0 Å². The van der Waals surface area contributed by atoms with Gasteiger partial charge in [-0.1, -0.05) is 0 Å². The molecule has 1 saturated carbocycles. The molecule has 1 aromatic heterocycles. The Hall–Kier alpha value is -2.26. The molecule has 32 heavy (non-hydrogen) atoms. The van der Waals surface area contributed by atoms with Crippen molar-refractivity contribution in [1.82, 2.24) is 14.4 Å². The Morgan fingerprint density at radius 2 is 1.88 bits per heavy atom. The van der Waals surface area contributed by atoms with E-state index in [1.807, 2.05) is 0 Å². The number of carbonyl (C=O) groups excluding carboxylic acids is 1. The molecule has 6 nitrogen and oxygen atoms in total. The van der Waals surface area contributed by atoms with E-state index in [4.69, 9.17) is 9.47 Å². The van der Waals surface area contributed by atoms with Crippen molar-refractivity contribution in [2.75, 3.05) is 52.5 Å². The van der Waals surface area contributed by atoms with Gasteiger partial charge in [0.25, 0.3) is 5.91 Å². The van der Waals surface area contributed by atoms with Gasteiger partial charge in [0.05, 0.1) is 19.8 Å². The second-order valence-corrected chi connectivity index (χ2v) is 9.07. The van der Waals surface area contributed by atoms with Crippen molar-refractivity contribution in [1.29, 1.82) is 0 Å². The summed E-state index contributed by atoms with van der Waals surface area (Å²) in [5.41, 5.74) is 0.423. The first-order valence-corrected chi connectivity index (χ1v) is 11.3. The van der Waals surface area contributed by atoms with Gasteiger partial charge in [-0.2, -0.15) is 13.2 Å². The smallest absolute Gasteiger partial charge is 0.406 e. The van der Waals surface area contributed by atoms with Gasteiger partial charge in [-0.05, 0) is 48.9 Å². The molecule has 5 rings (SSSR count). The second-order valence-electron chi connectivity index (χ2n) is 9.07. The predicted octanol–water partition coefficient (Wildman–Crippen LogP) is 3.40. The predicted molar refractivity (Wildman–Crippen MR) is 113 cm³/mol. The highest BCUT2D eigenvalue weighted by Crippen LogP contribution is 2.44. The van der Waals surface area contributed by atoms with Gasteiger partial charge in [0.15, 0.2) is 0 Å². The monoisotopic (exact) mass is 451 g/mol. The largest absolute Gasteiger partial charge is 0.494 e. The maximum Gasteiger partial charge on any atom is 0.406 e. The van der Waals surface area contributed by atoms with E-state index in [0.717, 1.165) is 29.4 Å². The van der Waals surface area contributed by atoms with Gasteiger partial charge in [0.1, 0.15) is 18.0 Å². The van der Waals surface area contributed by atoms with Crippen LogP contribution >= 0.6 is 0 Å². The van der Waals surface area contributed by atoms with Crippen LogP contribution in [0.3, 0.4) is 0 Å².